The quantitative estimate of drug-likeness (QED) is 0.180. The molecular weight excluding hydrogens is 511 g/mol. The number of esters is 1. The van der Waals surface area contributed by atoms with E-state index in [1.807, 2.05) is 0 Å². The monoisotopic (exact) mass is 516 g/mol. The van der Waals surface area contributed by atoms with Crippen molar-refractivity contribution in [2.75, 3.05) is 6.26 Å². The van der Waals surface area contributed by atoms with E-state index in [1.54, 1.807) is 0 Å². The Labute approximate surface area is 177 Å². The zero-order valence-electron chi connectivity index (χ0n) is 15.0. The van der Waals surface area contributed by atoms with Gasteiger partial charge in [0, 0.05) is 6.26 Å². The third-order valence-electron chi connectivity index (χ3n) is 3.52. The predicted molar refractivity (Wildman–Crippen MR) is 87.3 cm³/mol. The van der Waals surface area contributed by atoms with E-state index in [-0.39, 0.29) is 6.07 Å². The van der Waals surface area contributed by atoms with E-state index in [0.717, 1.165) is 0 Å². The number of carbonyl (C=O) groups is 1. The number of rotatable bonds is 6. The van der Waals surface area contributed by atoms with Crippen LogP contribution in [0.1, 0.15) is 10.4 Å². The van der Waals surface area contributed by atoms with Crippen LogP contribution in [-0.2, 0) is 9.84 Å². The van der Waals surface area contributed by atoms with Crippen molar-refractivity contribution in [2.45, 2.75) is 17.4 Å². The first kappa shape index (κ1) is 25.6. The molecule has 2 aromatic carbocycles. The van der Waals surface area contributed by atoms with E-state index >= 15 is 0 Å². The topological polar surface area (TPSA) is 69.7 Å². The summed E-state index contributed by atoms with van der Waals surface area (Å²) in [5.74, 6) is -18.2. The summed E-state index contributed by atoms with van der Waals surface area (Å²) in [5, 5.41) is -1.29. The fourth-order valence-electron chi connectivity index (χ4n) is 2.14. The molecule has 2 aromatic rings. The molecule has 0 spiro atoms. The predicted octanol–water partition coefficient (Wildman–Crippen LogP) is 4.89. The highest BCUT2D eigenvalue weighted by Gasteiger charge is 2.45. The molecule has 0 aliphatic heterocycles. The Kier molecular flexibility index (Phi) is 6.95. The standard InChI is InChI=1S/C16H6ClF9O5S/c1-32(28,29)13-5(31-16(25,26)15(23)24)3-2-4(6(13)17)14(27)30-12-10(21)8(19)7(18)9(20)11(12)22/h2-3,15H,1H3. The van der Waals surface area contributed by atoms with Crippen molar-refractivity contribution in [1.29, 1.82) is 0 Å². The Bertz CT molecular complexity index is 1170. The summed E-state index contributed by atoms with van der Waals surface area (Å²) >= 11 is 5.65. The van der Waals surface area contributed by atoms with Crippen molar-refractivity contribution in [3.05, 3.63) is 51.8 Å². The van der Waals surface area contributed by atoms with Gasteiger partial charge in [-0.1, -0.05) is 11.6 Å². The van der Waals surface area contributed by atoms with E-state index in [2.05, 4.69) is 9.47 Å². The van der Waals surface area contributed by atoms with E-state index in [4.69, 9.17) is 11.6 Å². The molecule has 0 heterocycles. The number of benzene rings is 2. The Morgan fingerprint density at radius 2 is 1.44 bits per heavy atom. The van der Waals surface area contributed by atoms with Crippen LogP contribution in [0.2, 0.25) is 5.02 Å². The van der Waals surface area contributed by atoms with Gasteiger partial charge in [-0.3, -0.25) is 0 Å². The molecule has 0 atom stereocenters. The maximum Gasteiger partial charge on any atom is 0.461 e. The first-order chi connectivity index (χ1) is 14.5. The smallest absolute Gasteiger partial charge is 0.427 e. The van der Waals surface area contributed by atoms with Crippen LogP contribution in [0.5, 0.6) is 11.5 Å². The summed E-state index contributed by atoms with van der Waals surface area (Å²) in [6, 6.07) is 0.621. The van der Waals surface area contributed by atoms with Gasteiger partial charge in [0.25, 0.3) is 0 Å². The van der Waals surface area contributed by atoms with Gasteiger partial charge in [0.2, 0.25) is 34.8 Å². The first-order valence-corrected chi connectivity index (χ1v) is 9.88. The normalized spacial score (nSPS) is 12.2. The van der Waals surface area contributed by atoms with Crippen LogP contribution < -0.4 is 9.47 Å². The van der Waals surface area contributed by atoms with Gasteiger partial charge in [-0.05, 0) is 12.1 Å². The zero-order valence-corrected chi connectivity index (χ0v) is 16.5. The summed E-state index contributed by atoms with van der Waals surface area (Å²) in [5.41, 5.74) is -1.14. The Morgan fingerprint density at radius 3 is 1.88 bits per heavy atom. The Balaban J connectivity index is 2.60. The molecule has 0 aromatic heterocycles. The molecule has 2 rings (SSSR count). The molecule has 16 heteroatoms. The molecule has 0 aliphatic carbocycles. The zero-order chi connectivity index (χ0) is 24.8. The van der Waals surface area contributed by atoms with Gasteiger partial charge >= 0.3 is 18.5 Å². The molecule has 32 heavy (non-hydrogen) atoms. The van der Waals surface area contributed by atoms with Gasteiger partial charge in [0.1, 0.15) is 10.6 Å². The Hall–Kier alpha value is -2.68. The minimum atomic E-state index is -5.19. The van der Waals surface area contributed by atoms with Gasteiger partial charge in [-0.2, -0.15) is 26.3 Å². The third kappa shape index (κ3) is 4.72. The van der Waals surface area contributed by atoms with E-state index in [0.29, 0.717) is 12.3 Å². The lowest BCUT2D eigenvalue weighted by Crippen LogP contribution is -2.34. The van der Waals surface area contributed by atoms with Crippen LogP contribution in [0.3, 0.4) is 0 Å². The molecule has 0 amide bonds. The average Bonchev–Trinajstić information content (AvgIpc) is 2.66. The van der Waals surface area contributed by atoms with Crippen molar-refractivity contribution in [2.24, 2.45) is 0 Å². The lowest BCUT2D eigenvalue weighted by Gasteiger charge is -2.20. The SMILES string of the molecule is CS(=O)(=O)c1c(OC(F)(F)C(F)F)ccc(C(=O)Oc2c(F)c(F)c(F)c(F)c2F)c1Cl. The largest absolute Gasteiger partial charge is 0.461 e. The van der Waals surface area contributed by atoms with Crippen molar-refractivity contribution in [3.63, 3.8) is 0 Å². The fraction of sp³-hybridized carbons (Fsp3) is 0.188. The van der Waals surface area contributed by atoms with Crippen molar-refractivity contribution >= 4 is 27.4 Å². The number of sulfone groups is 1. The van der Waals surface area contributed by atoms with Gasteiger partial charge in [-0.15, -0.1) is 0 Å². The highest BCUT2D eigenvalue weighted by atomic mass is 35.5. The lowest BCUT2D eigenvalue weighted by atomic mass is 10.2. The molecule has 0 N–H and O–H groups in total. The van der Waals surface area contributed by atoms with Crippen molar-refractivity contribution in [3.8, 4) is 11.5 Å². The number of alkyl halides is 4. The van der Waals surface area contributed by atoms with E-state index in [1.165, 1.54) is 0 Å². The second kappa shape index (κ2) is 8.69. The highest BCUT2D eigenvalue weighted by Crippen LogP contribution is 2.39. The van der Waals surface area contributed by atoms with E-state index < -0.39 is 84.4 Å². The average molecular weight is 517 g/mol. The summed E-state index contributed by atoms with van der Waals surface area (Å²) < 4.78 is 149. The molecule has 0 aliphatic rings. The van der Waals surface area contributed by atoms with Crippen LogP contribution >= 0.6 is 11.6 Å². The van der Waals surface area contributed by atoms with Gasteiger partial charge in [0.05, 0.1) is 10.6 Å². The molecule has 176 valence electrons. The molecule has 0 saturated carbocycles. The van der Waals surface area contributed by atoms with Gasteiger partial charge < -0.3 is 9.47 Å². The second-order valence-electron chi connectivity index (χ2n) is 5.78. The minimum absolute atomic E-state index is 0.258. The number of ether oxygens (including phenoxy) is 2. The third-order valence-corrected chi connectivity index (χ3v) is 5.17. The number of halogens is 10. The Morgan fingerprint density at radius 1 is 0.969 bits per heavy atom. The number of hydrogen-bond donors (Lipinski definition) is 0. The van der Waals surface area contributed by atoms with Crippen LogP contribution in [0.4, 0.5) is 39.5 Å². The summed E-state index contributed by atoms with van der Waals surface area (Å²) in [6.45, 7) is 0. The first-order valence-electron chi connectivity index (χ1n) is 7.61. The van der Waals surface area contributed by atoms with Gasteiger partial charge in [0.15, 0.2) is 9.84 Å². The second-order valence-corrected chi connectivity index (χ2v) is 8.11. The van der Waals surface area contributed by atoms with Crippen molar-refractivity contribution < 1.29 is 62.2 Å². The molecule has 0 saturated heterocycles. The molecule has 0 radical (unpaired) electrons. The minimum Gasteiger partial charge on any atom is -0.427 e. The number of hydrogen-bond acceptors (Lipinski definition) is 5. The lowest BCUT2D eigenvalue weighted by molar-refractivity contribution is -0.254. The molecule has 0 fully saturated rings. The summed E-state index contributed by atoms with van der Waals surface area (Å²) in [6.07, 6.45) is -9.26. The molecular formula is C16H6ClF9O5S. The molecule has 0 bridgehead atoms. The van der Waals surface area contributed by atoms with Gasteiger partial charge in [-0.25, -0.2) is 26.4 Å². The van der Waals surface area contributed by atoms with Crippen LogP contribution in [0.25, 0.3) is 0 Å². The van der Waals surface area contributed by atoms with Crippen LogP contribution in [0, 0.1) is 29.1 Å². The number of carbonyl (C=O) groups excluding carboxylic acids is 1. The molecule has 0 unspecified atom stereocenters. The van der Waals surface area contributed by atoms with E-state index in [9.17, 15) is 52.7 Å². The fourth-order valence-corrected chi connectivity index (χ4v) is 3.70. The van der Waals surface area contributed by atoms with Crippen LogP contribution in [-0.4, -0.2) is 33.2 Å². The summed E-state index contributed by atoms with van der Waals surface area (Å²) in [4.78, 5) is 10.7. The van der Waals surface area contributed by atoms with Crippen LogP contribution in [0.15, 0.2) is 17.0 Å². The molecule has 5 nitrogen and oxygen atoms in total. The highest BCUT2D eigenvalue weighted by molar-refractivity contribution is 7.91. The summed E-state index contributed by atoms with van der Waals surface area (Å²) in [7, 11) is -4.69. The maximum atomic E-state index is 13.7. The van der Waals surface area contributed by atoms with Crippen molar-refractivity contribution in [1.82, 2.24) is 0 Å². The maximum absolute atomic E-state index is 13.7.